The highest BCUT2D eigenvalue weighted by Crippen LogP contribution is 2.23. The van der Waals surface area contributed by atoms with Gasteiger partial charge in [0.15, 0.2) is 0 Å². The lowest BCUT2D eigenvalue weighted by Gasteiger charge is -2.10. The van der Waals surface area contributed by atoms with E-state index < -0.39 is 0 Å². The van der Waals surface area contributed by atoms with Crippen molar-refractivity contribution in [2.45, 2.75) is 34.1 Å². The summed E-state index contributed by atoms with van der Waals surface area (Å²) in [5.74, 6) is 6.46. The fourth-order valence-corrected chi connectivity index (χ4v) is 1.92. The van der Waals surface area contributed by atoms with Gasteiger partial charge in [-0.25, -0.2) is 0 Å². The van der Waals surface area contributed by atoms with Gasteiger partial charge in [-0.1, -0.05) is 24.6 Å². The van der Waals surface area contributed by atoms with Gasteiger partial charge in [-0.15, -0.1) is 11.8 Å². The fourth-order valence-electron chi connectivity index (χ4n) is 1.62. The van der Waals surface area contributed by atoms with Gasteiger partial charge in [0.2, 0.25) is 0 Å². The molecule has 0 saturated carbocycles. The molecular weight excluding hydrogens is 204 g/mol. The van der Waals surface area contributed by atoms with Crippen LogP contribution in [-0.2, 0) is 6.42 Å². The minimum Gasteiger partial charge on any atom is -0.106 e. The van der Waals surface area contributed by atoms with E-state index in [4.69, 9.17) is 11.6 Å². The van der Waals surface area contributed by atoms with E-state index in [0.29, 0.717) is 5.92 Å². The van der Waals surface area contributed by atoms with Crippen LogP contribution in [0.4, 0.5) is 0 Å². The molecule has 0 radical (unpaired) electrons. The molecule has 1 rings (SSSR count). The summed E-state index contributed by atoms with van der Waals surface area (Å²) >= 11 is 6.20. The lowest BCUT2D eigenvalue weighted by Crippen LogP contribution is -1.98. The number of hydrogen-bond acceptors (Lipinski definition) is 0. The van der Waals surface area contributed by atoms with Crippen LogP contribution in [0.3, 0.4) is 0 Å². The number of halogens is 1. The van der Waals surface area contributed by atoms with Crippen LogP contribution < -0.4 is 0 Å². The highest BCUT2D eigenvalue weighted by molar-refractivity contribution is 6.31. The second kappa shape index (κ2) is 5.24. The van der Waals surface area contributed by atoms with Crippen molar-refractivity contribution in [3.05, 3.63) is 33.8 Å². The molecule has 0 spiro atoms. The van der Waals surface area contributed by atoms with Crippen LogP contribution >= 0.6 is 11.6 Å². The third-order valence-corrected chi connectivity index (χ3v) is 2.93. The Hall–Kier alpha value is -0.930. The van der Waals surface area contributed by atoms with Crippen molar-refractivity contribution in [3.63, 3.8) is 0 Å². The van der Waals surface area contributed by atoms with E-state index in [1.807, 2.05) is 13.0 Å². The highest BCUT2D eigenvalue weighted by Gasteiger charge is 2.06. The Morgan fingerprint density at radius 2 is 1.87 bits per heavy atom. The van der Waals surface area contributed by atoms with Crippen molar-refractivity contribution in [2.24, 2.45) is 5.92 Å². The summed E-state index contributed by atoms with van der Waals surface area (Å²) in [4.78, 5) is 0. The first-order chi connectivity index (χ1) is 7.04. The van der Waals surface area contributed by atoms with Gasteiger partial charge in [0, 0.05) is 10.9 Å². The first-order valence-electron chi connectivity index (χ1n) is 5.22. The summed E-state index contributed by atoms with van der Waals surface area (Å²) in [6, 6.07) is 4.21. The van der Waals surface area contributed by atoms with E-state index in [1.54, 1.807) is 0 Å². The summed E-state index contributed by atoms with van der Waals surface area (Å²) in [5.41, 5.74) is 3.75. The van der Waals surface area contributed by atoms with E-state index in [9.17, 15) is 0 Å². The summed E-state index contributed by atoms with van der Waals surface area (Å²) < 4.78 is 0. The second-order valence-electron chi connectivity index (χ2n) is 4.03. The number of hydrogen-bond donors (Lipinski definition) is 0. The third kappa shape index (κ3) is 3.29. The Labute approximate surface area is 97.7 Å². The molecule has 0 bridgehead atoms. The van der Waals surface area contributed by atoms with Crippen molar-refractivity contribution in [3.8, 4) is 11.8 Å². The number of aryl methyl sites for hydroxylation is 2. The third-order valence-electron chi connectivity index (χ3n) is 2.58. The molecule has 0 aromatic heterocycles. The molecule has 80 valence electrons. The van der Waals surface area contributed by atoms with Crippen LogP contribution in [0.5, 0.6) is 0 Å². The van der Waals surface area contributed by atoms with Crippen molar-refractivity contribution in [1.82, 2.24) is 0 Å². The average molecular weight is 221 g/mol. The Balaban J connectivity index is 2.93. The number of rotatable bonds is 2. The molecule has 0 aliphatic rings. The van der Waals surface area contributed by atoms with E-state index in [1.165, 1.54) is 16.7 Å². The normalized spacial score (nSPS) is 11.8. The molecule has 0 amide bonds. The molecule has 1 heteroatoms. The molecule has 1 aromatic carbocycles. The van der Waals surface area contributed by atoms with Crippen LogP contribution in [-0.4, -0.2) is 0 Å². The van der Waals surface area contributed by atoms with Gasteiger partial charge >= 0.3 is 0 Å². The molecule has 1 atom stereocenters. The molecule has 0 aliphatic carbocycles. The van der Waals surface area contributed by atoms with Crippen molar-refractivity contribution >= 4 is 11.6 Å². The van der Waals surface area contributed by atoms with Gasteiger partial charge in [0.1, 0.15) is 0 Å². The van der Waals surface area contributed by atoms with Crippen molar-refractivity contribution < 1.29 is 0 Å². The van der Waals surface area contributed by atoms with Gasteiger partial charge in [0.25, 0.3) is 0 Å². The fraction of sp³-hybridized carbons (Fsp3) is 0.429. The molecule has 0 heterocycles. The molecule has 0 nitrogen and oxygen atoms in total. The molecular formula is C14H17Cl. The minimum absolute atomic E-state index is 0.370. The Bertz CT molecular complexity index is 407. The minimum atomic E-state index is 0.370. The van der Waals surface area contributed by atoms with Gasteiger partial charge in [-0.2, -0.15) is 0 Å². The molecule has 0 aliphatic heterocycles. The molecule has 1 aromatic rings. The van der Waals surface area contributed by atoms with Crippen molar-refractivity contribution in [2.75, 3.05) is 0 Å². The van der Waals surface area contributed by atoms with E-state index in [-0.39, 0.29) is 0 Å². The lowest BCUT2D eigenvalue weighted by atomic mass is 9.98. The van der Waals surface area contributed by atoms with Crippen molar-refractivity contribution in [1.29, 1.82) is 0 Å². The van der Waals surface area contributed by atoms with Crippen LogP contribution in [0.25, 0.3) is 0 Å². The van der Waals surface area contributed by atoms with Gasteiger partial charge < -0.3 is 0 Å². The lowest BCUT2D eigenvalue weighted by molar-refractivity contribution is 0.749. The summed E-state index contributed by atoms with van der Waals surface area (Å²) in [6.07, 6.45) is 0.931. The molecule has 0 N–H and O–H groups in total. The predicted molar refractivity (Wildman–Crippen MR) is 67.2 cm³/mol. The second-order valence-corrected chi connectivity index (χ2v) is 4.43. The smallest absolute Gasteiger partial charge is 0.0441 e. The zero-order valence-corrected chi connectivity index (χ0v) is 10.6. The molecule has 15 heavy (non-hydrogen) atoms. The maximum Gasteiger partial charge on any atom is 0.0441 e. The van der Waals surface area contributed by atoms with E-state index in [2.05, 4.69) is 38.7 Å². The van der Waals surface area contributed by atoms with Gasteiger partial charge in [0.05, 0.1) is 0 Å². The number of benzene rings is 1. The molecule has 0 fully saturated rings. The maximum absolute atomic E-state index is 6.20. The Morgan fingerprint density at radius 3 is 2.47 bits per heavy atom. The van der Waals surface area contributed by atoms with Crippen LogP contribution in [0.2, 0.25) is 5.02 Å². The highest BCUT2D eigenvalue weighted by atomic mass is 35.5. The van der Waals surface area contributed by atoms with Gasteiger partial charge in [-0.3, -0.25) is 0 Å². The summed E-state index contributed by atoms with van der Waals surface area (Å²) in [6.45, 7) is 8.20. The van der Waals surface area contributed by atoms with Crippen LogP contribution in [0.15, 0.2) is 12.1 Å². The SMILES string of the molecule is CC#CC(C)Cc1cc(C)c(C)cc1Cl. The monoisotopic (exact) mass is 220 g/mol. The van der Waals surface area contributed by atoms with Crippen LogP contribution in [0.1, 0.15) is 30.5 Å². The Morgan fingerprint density at radius 1 is 1.27 bits per heavy atom. The zero-order chi connectivity index (χ0) is 11.4. The summed E-state index contributed by atoms with van der Waals surface area (Å²) in [5, 5.41) is 0.864. The average Bonchev–Trinajstić information content (AvgIpc) is 2.14. The first-order valence-corrected chi connectivity index (χ1v) is 5.60. The predicted octanol–water partition coefficient (Wildman–Crippen LogP) is 4.16. The standard InChI is InChI=1S/C14H17Cl/c1-5-6-10(2)7-13-8-11(3)12(4)9-14(13)15/h8-10H,7H2,1-4H3. The quantitative estimate of drug-likeness (QED) is 0.657. The van der Waals surface area contributed by atoms with E-state index >= 15 is 0 Å². The van der Waals surface area contributed by atoms with Gasteiger partial charge in [-0.05, 0) is 49.9 Å². The largest absolute Gasteiger partial charge is 0.106 e. The maximum atomic E-state index is 6.20. The summed E-state index contributed by atoms with van der Waals surface area (Å²) in [7, 11) is 0. The molecule has 0 saturated heterocycles. The van der Waals surface area contributed by atoms with E-state index in [0.717, 1.165) is 11.4 Å². The topological polar surface area (TPSA) is 0 Å². The van der Waals surface area contributed by atoms with Crippen LogP contribution in [0, 0.1) is 31.6 Å². The zero-order valence-electron chi connectivity index (χ0n) is 9.82. The molecule has 1 unspecified atom stereocenters. The first kappa shape index (κ1) is 12.1. The Kier molecular flexibility index (Phi) is 4.24.